The van der Waals surface area contributed by atoms with Crippen molar-refractivity contribution < 1.29 is 19.1 Å². The predicted molar refractivity (Wildman–Crippen MR) is 86.5 cm³/mol. The van der Waals surface area contributed by atoms with Gasteiger partial charge in [0.05, 0.1) is 25.1 Å². The van der Waals surface area contributed by atoms with Gasteiger partial charge in [0.25, 0.3) is 5.91 Å². The molecule has 0 aromatic carbocycles. The highest BCUT2D eigenvalue weighted by atomic mass is 16.5. The molecular weight excluding hydrogens is 328 g/mol. The number of amides is 3. The molecule has 0 aliphatic carbocycles. The molecule has 0 radical (unpaired) electrons. The maximum Gasteiger partial charge on any atom is 0.409 e. The van der Waals surface area contributed by atoms with Gasteiger partial charge in [-0.05, 0) is 12.8 Å². The molecule has 1 aliphatic heterocycles. The van der Waals surface area contributed by atoms with E-state index in [0.717, 1.165) is 0 Å². The molecule has 1 fully saturated rings. The van der Waals surface area contributed by atoms with Crippen LogP contribution < -0.4 is 11.1 Å². The Morgan fingerprint density at radius 1 is 1.44 bits per heavy atom. The highest BCUT2D eigenvalue weighted by Crippen LogP contribution is 2.34. The maximum absolute atomic E-state index is 11.6. The number of nitriles is 1. The fourth-order valence-corrected chi connectivity index (χ4v) is 2.92. The first-order chi connectivity index (χ1) is 11.8. The zero-order chi connectivity index (χ0) is 18.6. The van der Waals surface area contributed by atoms with Crippen molar-refractivity contribution in [1.29, 1.82) is 5.26 Å². The summed E-state index contributed by atoms with van der Waals surface area (Å²) >= 11 is 0. The lowest BCUT2D eigenvalue weighted by Crippen LogP contribution is -2.48. The number of methoxy groups -OCH3 is 1. The van der Waals surface area contributed by atoms with Gasteiger partial charge < -0.3 is 20.7 Å². The molecule has 3 amide bonds. The lowest BCUT2D eigenvalue weighted by atomic mass is 9.85. The number of nitrogens with two attached hydrogens (primary N) is 1. The Hall–Kier alpha value is -3.09. The van der Waals surface area contributed by atoms with Crippen molar-refractivity contribution in [2.24, 2.45) is 5.73 Å². The van der Waals surface area contributed by atoms with Crippen LogP contribution in [0.4, 0.5) is 10.6 Å². The number of ether oxygens (including phenoxy) is 1. The van der Waals surface area contributed by atoms with E-state index in [-0.39, 0.29) is 23.7 Å². The van der Waals surface area contributed by atoms with Crippen LogP contribution in [0.2, 0.25) is 0 Å². The normalized spacial score (nSPS) is 16.0. The lowest BCUT2D eigenvalue weighted by Gasteiger charge is -2.40. The Labute approximate surface area is 144 Å². The van der Waals surface area contributed by atoms with Gasteiger partial charge in [-0.3, -0.25) is 14.3 Å². The average molecular weight is 348 g/mol. The largest absolute Gasteiger partial charge is 0.453 e. The molecule has 0 unspecified atom stereocenters. The summed E-state index contributed by atoms with van der Waals surface area (Å²) in [6.07, 6.45) is 2.06. The fourth-order valence-electron chi connectivity index (χ4n) is 2.92. The van der Waals surface area contributed by atoms with Gasteiger partial charge in [0.2, 0.25) is 5.91 Å². The van der Waals surface area contributed by atoms with Gasteiger partial charge in [0, 0.05) is 26.2 Å². The van der Waals surface area contributed by atoms with E-state index >= 15 is 0 Å². The third-order valence-corrected chi connectivity index (χ3v) is 4.30. The number of nitrogens with zero attached hydrogens (tertiary/aromatic N) is 4. The second kappa shape index (κ2) is 7.21. The molecule has 0 saturated carbocycles. The van der Waals surface area contributed by atoms with Crippen LogP contribution in [-0.2, 0) is 15.1 Å². The summed E-state index contributed by atoms with van der Waals surface area (Å²) < 4.78 is 6.22. The SMILES string of the molecule is COC(=O)N1CCC(CC#N)(n2cc(C(N)=O)c(NC(C)=O)n2)CC1. The van der Waals surface area contributed by atoms with Crippen LogP contribution in [0.5, 0.6) is 0 Å². The second-order valence-electron chi connectivity index (χ2n) is 5.90. The molecule has 2 heterocycles. The number of hydrogen-bond donors (Lipinski definition) is 2. The van der Waals surface area contributed by atoms with Crippen LogP contribution in [0, 0.1) is 11.3 Å². The third kappa shape index (κ3) is 3.71. The average Bonchev–Trinajstić information content (AvgIpc) is 2.99. The van der Waals surface area contributed by atoms with Gasteiger partial charge in [-0.2, -0.15) is 10.4 Å². The molecule has 1 saturated heterocycles. The third-order valence-electron chi connectivity index (χ3n) is 4.30. The first-order valence-electron chi connectivity index (χ1n) is 7.70. The predicted octanol–water partition coefficient (Wildman–Crippen LogP) is 0.412. The summed E-state index contributed by atoms with van der Waals surface area (Å²) in [6, 6.07) is 2.13. The number of anilines is 1. The van der Waals surface area contributed by atoms with Gasteiger partial charge in [-0.25, -0.2) is 4.79 Å². The van der Waals surface area contributed by atoms with E-state index in [1.54, 1.807) is 4.90 Å². The molecule has 2 rings (SSSR count). The van der Waals surface area contributed by atoms with E-state index in [2.05, 4.69) is 16.5 Å². The molecule has 1 aromatic heterocycles. The van der Waals surface area contributed by atoms with Crippen LogP contribution in [-0.4, -0.2) is 52.8 Å². The summed E-state index contributed by atoms with van der Waals surface area (Å²) in [4.78, 5) is 36.1. The molecule has 0 bridgehead atoms. The van der Waals surface area contributed by atoms with Gasteiger partial charge >= 0.3 is 6.09 Å². The molecule has 10 nitrogen and oxygen atoms in total. The van der Waals surface area contributed by atoms with Gasteiger partial charge in [-0.1, -0.05) is 0 Å². The number of rotatable bonds is 4. The minimum Gasteiger partial charge on any atom is -0.453 e. The van der Waals surface area contributed by atoms with Crippen molar-refractivity contribution in [3.63, 3.8) is 0 Å². The zero-order valence-corrected chi connectivity index (χ0v) is 14.1. The van der Waals surface area contributed by atoms with Crippen molar-refractivity contribution in [2.45, 2.75) is 31.7 Å². The zero-order valence-electron chi connectivity index (χ0n) is 14.1. The second-order valence-corrected chi connectivity index (χ2v) is 5.90. The monoisotopic (exact) mass is 348 g/mol. The standard InChI is InChI=1S/C15H20N6O4/c1-10(22)18-13-11(12(17)23)9-21(19-13)15(3-6-16)4-7-20(8-5-15)14(24)25-2/h9H,3-5,7-8H2,1-2H3,(H2,17,23)(H,18,19,22). The quantitative estimate of drug-likeness (QED) is 0.806. The number of aromatic nitrogens is 2. The molecule has 1 aromatic rings. The number of carbonyl (C=O) groups is 3. The summed E-state index contributed by atoms with van der Waals surface area (Å²) in [5.74, 6) is -1.05. The highest BCUT2D eigenvalue weighted by Gasteiger charge is 2.39. The minimum atomic E-state index is -0.728. The Morgan fingerprint density at radius 2 is 2.08 bits per heavy atom. The van der Waals surface area contributed by atoms with Crippen LogP contribution in [0.1, 0.15) is 36.5 Å². The van der Waals surface area contributed by atoms with Gasteiger partial charge in [0.1, 0.15) is 5.56 Å². The first kappa shape index (κ1) is 18.3. The van der Waals surface area contributed by atoms with Crippen LogP contribution in [0.25, 0.3) is 0 Å². The molecule has 0 spiro atoms. The summed E-state index contributed by atoms with van der Waals surface area (Å²) in [7, 11) is 1.31. The molecule has 134 valence electrons. The van der Waals surface area contributed by atoms with E-state index in [1.807, 2.05) is 0 Å². The molecule has 3 N–H and O–H groups in total. The molecule has 0 atom stereocenters. The van der Waals surface area contributed by atoms with Crippen molar-refractivity contribution in [1.82, 2.24) is 14.7 Å². The van der Waals surface area contributed by atoms with E-state index in [0.29, 0.717) is 25.9 Å². The van der Waals surface area contributed by atoms with Crippen LogP contribution in [0.15, 0.2) is 6.20 Å². The van der Waals surface area contributed by atoms with Crippen LogP contribution in [0.3, 0.4) is 0 Å². The van der Waals surface area contributed by atoms with Crippen LogP contribution >= 0.6 is 0 Å². The Bertz CT molecular complexity index is 727. The number of nitrogens with one attached hydrogen (secondary N) is 1. The fraction of sp³-hybridized carbons (Fsp3) is 0.533. The highest BCUT2D eigenvalue weighted by molar-refractivity contribution is 6.01. The first-order valence-corrected chi connectivity index (χ1v) is 7.70. The molecule has 10 heteroatoms. The summed E-state index contributed by atoms with van der Waals surface area (Å²) in [5.41, 5.74) is 4.73. The van der Waals surface area contributed by atoms with E-state index in [9.17, 15) is 19.6 Å². The Balaban J connectivity index is 2.35. The number of primary amides is 1. The smallest absolute Gasteiger partial charge is 0.409 e. The summed E-state index contributed by atoms with van der Waals surface area (Å²) in [6.45, 7) is 2.06. The van der Waals surface area contributed by atoms with E-state index < -0.39 is 17.5 Å². The molecular formula is C15H20N6O4. The van der Waals surface area contributed by atoms with Gasteiger partial charge in [-0.15, -0.1) is 0 Å². The Morgan fingerprint density at radius 3 is 2.56 bits per heavy atom. The van der Waals surface area contributed by atoms with Crippen molar-refractivity contribution in [2.75, 3.05) is 25.5 Å². The van der Waals surface area contributed by atoms with E-state index in [4.69, 9.17) is 10.5 Å². The number of piperidine rings is 1. The topological polar surface area (TPSA) is 143 Å². The number of hydrogen-bond acceptors (Lipinski definition) is 6. The van der Waals surface area contributed by atoms with Crippen molar-refractivity contribution in [3.8, 4) is 6.07 Å². The van der Waals surface area contributed by atoms with Crippen molar-refractivity contribution >= 4 is 23.7 Å². The molecule has 1 aliphatic rings. The van der Waals surface area contributed by atoms with Gasteiger partial charge in [0.15, 0.2) is 5.82 Å². The minimum absolute atomic E-state index is 0.0627. The summed E-state index contributed by atoms with van der Waals surface area (Å²) in [5, 5.41) is 16.0. The number of carbonyl (C=O) groups excluding carboxylic acids is 3. The van der Waals surface area contributed by atoms with Crippen molar-refractivity contribution in [3.05, 3.63) is 11.8 Å². The Kier molecular flexibility index (Phi) is 5.26. The number of likely N-dealkylation sites (tertiary alicyclic amines) is 1. The molecule has 25 heavy (non-hydrogen) atoms. The van der Waals surface area contributed by atoms with E-state index in [1.165, 1.54) is 24.9 Å². The maximum atomic E-state index is 11.6. The lowest BCUT2D eigenvalue weighted by molar-refractivity contribution is -0.114.